The van der Waals surface area contributed by atoms with Crippen LogP contribution in [0.15, 0.2) is 29.3 Å². The Labute approximate surface area is 156 Å². The lowest BCUT2D eigenvalue weighted by Crippen LogP contribution is -2.37. The first-order chi connectivity index (χ1) is 12.7. The third-order valence-electron chi connectivity index (χ3n) is 4.22. The molecular formula is C20H31N3O3. The topological polar surface area (TPSA) is 72.0 Å². The number of benzene rings is 1. The van der Waals surface area contributed by atoms with E-state index in [4.69, 9.17) is 4.74 Å². The number of hydrogen-bond acceptors (Lipinski definition) is 4. The van der Waals surface area contributed by atoms with Crippen molar-refractivity contribution in [1.82, 2.24) is 10.6 Å². The highest BCUT2D eigenvalue weighted by atomic mass is 16.5. The lowest BCUT2D eigenvalue weighted by Gasteiger charge is -2.13. The monoisotopic (exact) mass is 361 g/mol. The summed E-state index contributed by atoms with van der Waals surface area (Å²) in [5.74, 6) is 2.28. The molecule has 1 aliphatic rings. The largest absolute Gasteiger partial charge is 0.493 e. The van der Waals surface area contributed by atoms with E-state index in [9.17, 15) is 4.79 Å². The number of aliphatic imine (C=N–C) groups is 1. The van der Waals surface area contributed by atoms with E-state index in [1.807, 2.05) is 25.1 Å². The minimum absolute atomic E-state index is 0.159. The van der Waals surface area contributed by atoms with Crippen molar-refractivity contribution in [3.63, 3.8) is 0 Å². The predicted octanol–water partition coefficient (Wildman–Crippen LogP) is 2.87. The first kappa shape index (κ1) is 20.1. The molecule has 6 heteroatoms. The van der Waals surface area contributed by atoms with Gasteiger partial charge in [-0.3, -0.25) is 4.79 Å². The molecule has 0 spiro atoms. The molecule has 6 nitrogen and oxygen atoms in total. The molecular weight excluding hydrogens is 330 g/mol. The zero-order chi connectivity index (χ0) is 18.6. The molecule has 0 aromatic heterocycles. The van der Waals surface area contributed by atoms with Crippen molar-refractivity contribution in [3.05, 3.63) is 29.8 Å². The Bertz CT molecular complexity index is 585. The van der Waals surface area contributed by atoms with E-state index in [2.05, 4.69) is 26.4 Å². The number of para-hydroxylation sites is 1. The highest BCUT2D eigenvalue weighted by molar-refractivity contribution is 5.79. The third-order valence-corrected chi connectivity index (χ3v) is 4.22. The quantitative estimate of drug-likeness (QED) is 0.274. The molecule has 1 saturated carbocycles. The van der Waals surface area contributed by atoms with Gasteiger partial charge in [0.25, 0.3) is 0 Å². The molecule has 0 saturated heterocycles. The molecule has 1 aromatic rings. The SMILES string of the molecule is CCNC(=NCc1ccccc1OCC1CC1)NCCCCC(=O)OC. The van der Waals surface area contributed by atoms with Gasteiger partial charge in [-0.1, -0.05) is 18.2 Å². The van der Waals surface area contributed by atoms with Crippen LogP contribution >= 0.6 is 0 Å². The maximum atomic E-state index is 11.1. The molecule has 0 bridgehead atoms. The van der Waals surface area contributed by atoms with Crippen molar-refractivity contribution in [1.29, 1.82) is 0 Å². The first-order valence-corrected chi connectivity index (χ1v) is 9.52. The van der Waals surface area contributed by atoms with E-state index in [0.29, 0.717) is 13.0 Å². The second-order valence-corrected chi connectivity index (χ2v) is 6.52. The van der Waals surface area contributed by atoms with Crippen molar-refractivity contribution in [2.24, 2.45) is 10.9 Å². The summed E-state index contributed by atoms with van der Waals surface area (Å²) in [5, 5.41) is 6.56. The summed E-state index contributed by atoms with van der Waals surface area (Å²) < 4.78 is 10.6. The molecule has 0 unspecified atom stereocenters. The van der Waals surface area contributed by atoms with Gasteiger partial charge in [0.15, 0.2) is 5.96 Å². The summed E-state index contributed by atoms with van der Waals surface area (Å²) in [6.07, 6.45) is 4.71. The zero-order valence-corrected chi connectivity index (χ0v) is 15.9. The van der Waals surface area contributed by atoms with Crippen LogP contribution in [0.5, 0.6) is 5.75 Å². The Kier molecular flexibility index (Phi) is 8.79. The van der Waals surface area contributed by atoms with Crippen molar-refractivity contribution in [2.75, 3.05) is 26.8 Å². The summed E-state index contributed by atoms with van der Waals surface area (Å²) >= 11 is 0. The maximum Gasteiger partial charge on any atom is 0.305 e. The molecule has 26 heavy (non-hydrogen) atoms. The van der Waals surface area contributed by atoms with Gasteiger partial charge in [-0.15, -0.1) is 0 Å². The summed E-state index contributed by atoms with van der Waals surface area (Å²) in [4.78, 5) is 15.8. The van der Waals surface area contributed by atoms with Crippen LogP contribution in [0.1, 0.15) is 44.6 Å². The van der Waals surface area contributed by atoms with Gasteiger partial charge in [-0.25, -0.2) is 4.99 Å². The Morgan fingerprint density at radius 1 is 1.23 bits per heavy atom. The average Bonchev–Trinajstić information content (AvgIpc) is 3.49. The van der Waals surface area contributed by atoms with E-state index >= 15 is 0 Å². The van der Waals surface area contributed by atoms with Gasteiger partial charge >= 0.3 is 5.97 Å². The fraction of sp³-hybridized carbons (Fsp3) is 0.600. The van der Waals surface area contributed by atoms with Gasteiger partial charge < -0.3 is 20.1 Å². The number of rotatable bonds is 11. The summed E-state index contributed by atoms with van der Waals surface area (Å²) in [5.41, 5.74) is 1.09. The number of nitrogens with zero attached hydrogens (tertiary/aromatic N) is 1. The molecule has 1 aromatic carbocycles. The van der Waals surface area contributed by atoms with Crippen molar-refractivity contribution in [3.8, 4) is 5.75 Å². The number of esters is 1. The fourth-order valence-corrected chi connectivity index (χ4v) is 2.48. The van der Waals surface area contributed by atoms with Crippen LogP contribution in [0.2, 0.25) is 0 Å². The summed E-state index contributed by atoms with van der Waals surface area (Å²) in [7, 11) is 1.42. The van der Waals surface area contributed by atoms with E-state index in [0.717, 1.165) is 55.7 Å². The Hall–Kier alpha value is -2.24. The van der Waals surface area contributed by atoms with Gasteiger partial charge in [-0.2, -0.15) is 0 Å². The van der Waals surface area contributed by atoms with Gasteiger partial charge in [0.1, 0.15) is 5.75 Å². The van der Waals surface area contributed by atoms with Crippen molar-refractivity contribution in [2.45, 2.75) is 45.6 Å². The van der Waals surface area contributed by atoms with Crippen LogP contribution in [0, 0.1) is 5.92 Å². The van der Waals surface area contributed by atoms with Gasteiger partial charge in [0.05, 0.1) is 20.3 Å². The van der Waals surface area contributed by atoms with Crippen molar-refractivity contribution < 1.29 is 14.3 Å². The van der Waals surface area contributed by atoms with Gasteiger partial charge in [0.2, 0.25) is 0 Å². The Balaban J connectivity index is 1.80. The van der Waals surface area contributed by atoms with Crippen LogP contribution in [0.25, 0.3) is 0 Å². The molecule has 1 fully saturated rings. The van der Waals surface area contributed by atoms with E-state index in [1.165, 1.54) is 20.0 Å². The minimum Gasteiger partial charge on any atom is -0.493 e. The van der Waals surface area contributed by atoms with E-state index in [1.54, 1.807) is 0 Å². The Morgan fingerprint density at radius 2 is 2.04 bits per heavy atom. The maximum absolute atomic E-state index is 11.1. The molecule has 1 aliphatic carbocycles. The number of ether oxygens (including phenoxy) is 2. The van der Waals surface area contributed by atoms with Crippen LogP contribution in [0.4, 0.5) is 0 Å². The third kappa shape index (κ3) is 7.76. The molecule has 2 N–H and O–H groups in total. The van der Waals surface area contributed by atoms with Crippen LogP contribution in [-0.2, 0) is 16.1 Å². The standard InChI is InChI=1S/C20H31N3O3/c1-3-21-20(22-13-7-6-10-19(24)25-2)23-14-17-8-4-5-9-18(17)26-15-16-11-12-16/h4-5,8-9,16H,3,6-7,10-15H2,1-2H3,(H2,21,22,23). The van der Waals surface area contributed by atoms with Crippen LogP contribution < -0.4 is 15.4 Å². The minimum atomic E-state index is -0.159. The van der Waals surface area contributed by atoms with Gasteiger partial charge in [-0.05, 0) is 44.6 Å². The number of hydrogen-bond donors (Lipinski definition) is 2. The predicted molar refractivity (Wildman–Crippen MR) is 103 cm³/mol. The second-order valence-electron chi connectivity index (χ2n) is 6.52. The second kappa shape index (κ2) is 11.4. The van der Waals surface area contributed by atoms with E-state index < -0.39 is 0 Å². The van der Waals surface area contributed by atoms with Gasteiger partial charge in [0, 0.05) is 25.1 Å². The molecule has 0 radical (unpaired) electrons. The molecule has 0 heterocycles. The van der Waals surface area contributed by atoms with Crippen LogP contribution in [0.3, 0.4) is 0 Å². The number of methoxy groups -OCH3 is 1. The van der Waals surface area contributed by atoms with Crippen molar-refractivity contribution >= 4 is 11.9 Å². The fourth-order valence-electron chi connectivity index (χ4n) is 2.48. The smallest absolute Gasteiger partial charge is 0.305 e. The number of nitrogens with one attached hydrogen (secondary N) is 2. The Morgan fingerprint density at radius 3 is 2.77 bits per heavy atom. The molecule has 0 amide bonds. The molecule has 0 atom stereocenters. The molecule has 0 aliphatic heterocycles. The summed E-state index contributed by atoms with van der Waals surface area (Å²) in [6.45, 7) is 4.98. The zero-order valence-electron chi connectivity index (χ0n) is 15.9. The molecule has 2 rings (SSSR count). The van der Waals surface area contributed by atoms with E-state index in [-0.39, 0.29) is 5.97 Å². The first-order valence-electron chi connectivity index (χ1n) is 9.52. The normalized spacial score (nSPS) is 14.0. The lowest BCUT2D eigenvalue weighted by molar-refractivity contribution is -0.140. The average molecular weight is 361 g/mol. The number of unbranched alkanes of at least 4 members (excludes halogenated alkanes) is 1. The number of carbonyl (C=O) groups excluding carboxylic acids is 1. The highest BCUT2D eigenvalue weighted by Crippen LogP contribution is 2.30. The van der Waals surface area contributed by atoms with Crippen LogP contribution in [-0.4, -0.2) is 38.7 Å². The summed E-state index contributed by atoms with van der Waals surface area (Å²) in [6, 6.07) is 8.09. The number of guanidine groups is 1. The lowest BCUT2D eigenvalue weighted by atomic mass is 10.2. The highest BCUT2D eigenvalue weighted by Gasteiger charge is 2.22. The molecule has 144 valence electrons. The number of carbonyl (C=O) groups is 1.